The number of hydrogen-bond acceptors (Lipinski definition) is 4. The van der Waals surface area contributed by atoms with Gasteiger partial charge in [-0.1, -0.05) is 18.2 Å². The molecule has 1 aliphatic heterocycles. The molecule has 1 N–H and O–H groups in total. The van der Waals surface area contributed by atoms with Crippen molar-refractivity contribution in [3.8, 4) is 0 Å². The number of hydrogen-bond donors (Lipinski definition) is 1. The van der Waals surface area contributed by atoms with E-state index in [0.717, 1.165) is 23.9 Å². The highest BCUT2D eigenvalue weighted by atomic mass is 32.1. The van der Waals surface area contributed by atoms with Crippen molar-refractivity contribution in [3.05, 3.63) is 57.1 Å². The molecule has 0 radical (unpaired) electrons. The topological polar surface area (TPSA) is 75.2 Å². The van der Waals surface area contributed by atoms with Crippen molar-refractivity contribution in [2.45, 2.75) is 31.7 Å². The van der Waals surface area contributed by atoms with Gasteiger partial charge in [-0.25, -0.2) is 4.79 Å². The second kappa shape index (κ2) is 7.52. The van der Waals surface area contributed by atoms with Gasteiger partial charge in [-0.05, 0) is 36.4 Å². The Hall–Kier alpha value is -2.67. The lowest BCUT2D eigenvalue weighted by Crippen LogP contribution is -2.40. The average Bonchev–Trinajstić information content (AvgIpc) is 3.33. The Kier molecular flexibility index (Phi) is 4.94. The number of nitrogens with one attached hydrogen (secondary N) is 1. The van der Waals surface area contributed by atoms with Crippen molar-refractivity contribution in [3.63, 3.8) is 0 Å². The van der Waals surface area contributed by atoms with Gasteiger partial charge in [0.05, 0.1) is 15.9 Å². The fourth-order valence-corrected chi connectivity index (χ4v) is 4.44. The molecule has 0 saturated carbocycles. The zero-order valence-corrected chi connectivity index (χ0v) is 15.7. The average molecular weight is 383 g/mol. The maximum atomic E-state index is 12.4. The van der Waals surface area contributed by atoms with Gasteiger partial charge in [0.25, 0.3) is 0 Å². The van der Waals surface area contributed by atoms with Crippen LogP contribution in [0, 0.1) is 0 Å². The number of nitrogens with zero attached hydrogens (tertiary/aromatic N) is 2. The first kappa shape index (κ1) is 17.7. The maximum Gasteiger partial charge on any atom is 0.326 e. The Morgan fingerprint density at radius 1 is 1.07 bits per heavy atom. The summed E-state index contributed by atoms with van der Waals surface area (Å²) in [7, 11) is 0. The van der Waals surface area contributed by atoms with Crippen LogP contribution in [0.15, 0.2) is 46.6 Å². The minimum Gasteiger partial charge on any atom is -0.343 e. The lowest BCUT2D eigenvalue weighted by molar-refractivity contribution is -0.132. The highest BCUT2D eigenvalue weighted by molar-refractivity contribution is 7.12. The molecule has 0 spiro atoms. The molecule has 4 rings (SSSR count). The summed E-state index contributed by atoms with van der Waals surface area (Å²) in [6.07, 6.45) is 1.98. The normalized spacial score (nSPS) is 15.3. The molecule has 27 heavy (non-hydrogen) atoms. The van der Waals surface area contributed by atoms with E-state index in [1.165, 1.54) is 11.3 Å². The molecule has 0 aliphatic carbocycles. The van der Waals surface area contributed by atoms with Gasteiger partial charge in [0.2, 0.25) is 5.91 Å². The molecule has 0 bridgehead atoms. The number of thiophene rings is 1. The first-order valence-corrected chi connectivity index (χ1v) is 10.0. The first-order valence-electron chi connectivity index (χ1n) is 9.17. The van der Waals surface area contributed by atoms with E-state index in [4.69, 9.17) is 0 Å². The molecule has 1 fully saturated rings. The molecule has 1 amide bonds. The number of piperidine rings is 1. The molecule has 140 valence electrons. The van der Waals surface area contributed by atoms with Gasteiger partial charge in [-0.15, -0.1) is 11.3 Å². The number of imidazole rings is 1. The highest BCUT2D eigenvalue weighted by Gasteiger charge is 2.26. The van der Waals surface area contributed by atoms with Crippen LogP contribution in [0.3, 0.4) is 0 Å². The van der Waals surface area contributed by atoms with E-state index in [0.29, 0.717) is 18.0 Å². The number of carbonyl (C=O) groups is 2. The second-order valence-corrected chi connectivity index (χ2v) is 7.78. The lowest BCUT2D eigenvalue weighted by atomic mass is 10.0. The molecule has 3 heterocycles. The van der Waals surface area contributed by atoms with E-state index in [2.05, 4.69) is 4.98 Å². The summed E-state index contributed by atoms with van der Waals surface area (Å²) >= 11 is 1.41. The Morgan fingerprint density at radius 3 is 2.59 bits per heavy atom. The van der Waals surface area contributed by atoms with Gasteiger partial charge in [-0.2, -0.15) is 0 Å². The van der Waals surface area contributed by atoms with E-state index >= 15 is 0 Å². The summed E-state index contributed by atoms with van der Waals surface area (Å²) < 4.78 is 1.82. The third kappa shape index (κ3) is 3.60. The Bertz CT molecular complexity index is 1010. The standard InChI is InChI=1S/C20H21N3O3S/c24-17(18-6-3-13-27-18)7-8-19(25)22-11-9-14(10-12-22)23-16-5-2-1-4-15(16)21-20(23)26/h1-6,13-14H,7-12H2,(H,21,26). The third-order valence-electron chi connectivity index (χ3n) is 5.17. The van der Waals surface area contributed by atoms with Gasteiger partial charge < -0.3 is 9.88 Å². The van der Waals surface area contributed by atoms with Crippen molar-refractivity contribution in [1.82, 2.24) is 14.5 Å². The number of likely N-dealkylation sites (tertiary alicyclic amines) is 1. The Labute approximate surface area is 160 Å². The van der Waals surface area contributed by atoms with Crippen LogP contribution in [0.25, 0.3) is 11.0 Å². The molecule has 0 unspecified atom stereocenters. The third-order valence-corrected chi connectivity index (χ3v) is 6.08. The zero-order valence-electron chi connectivity index (χ0n) is 14.9. The molecule has 1 saturated heterocycles. The van der Waals surface area contributed by atoms with Crippen LogP contribution in [0.2, 0.25) is 0 Å². The molecule has 0 atom stereocenters. The van der Waals surface area contributed by atoms with Crippen LogP contribution in [0.1, 0.15) is 41.4 Å². The van der Waals surface area contributed by atoms with Gasteiger partial charge in [-0.3, -0.25) is 14.2 Å². The predicted octanol–water partition coefficient (Wildman–Crippen LogP) is 3.22. The smallest absolute Gasteiger partial charge is 0.326 e. The van der Waals surface area contributed by atoms with Crippen LogP contribution in [-0.4, -0.2) is 39.2 Å². The molecule has 3 aromatic rings. The van der Waals surface area contributed by atoms with Crippen LogP contribution in [0.4, 0.5) is 0 Å². The number of Topliss-reactive ketones (excluding diaryl/α,β-unsaturated/α-hetero) is 1. The number of aromatic amines is 1. The summed E-state index contributed by atoms with van der Waals surface area (Å²) in [6.45, 7) is 1.23. The molecule has 1 aliphatic rings. The van der Waals surface area contributed by atoms with Crippen LogP contribution in [-0.2, 0) is 4.79 Å². The van der Waals surface area contributed by atoms with Gasteiger partial charge in [0.1, 0.15) is 0 Å². The van der Waals surface area contributed by atoms with Gasteiger partial charge in [0.15, 0.2) is 5.78 Å². The Morgan fingerprint density at radius 2 is 1.85 bits per heavy atom. The number of ketones is 1. The van der Waals surface area contributed by atoms with Crippen LogP contribution >= 0.6 is 11.3 Å². The molecule has 7 heteroatoms. The quantitative estimate of drug-likeness (QED) is 0.688. The largest absolute Gasteiger partial charge is 0.343 e. The predicted molar refractivity (Wildman–Crippen MR) is 105 cm³/mol. The number of fused-ring (bicyclic) bond motifs is 1. The summed E-state index contributed by atoms with van der Waals surface area (Å²) in [5, 5.41) is 1.87. The molecule has 2 aromatic heterocycles. The van der Waals surface area contributed by atoms with Crippen molar-refractivity contribution >= 4 is 34.1 Å². The molecule has 1 aromatic carbocycles. The summed E-state index contributed by atoms with van der Waals surface area (Å²) in [4.78, 5) is 42.3. The minimum atomic E-state index is -0.0949. The fourth-order valence-electron chi connectivity index (χ4n) is 3.75. The van der Waals surface area contributed by atoms with E-state index in [-0.39, 0.29) is 36.3 Å². The molecular formula is C20H21N3O3S. The monoisotopic (exact) mass is 383 g/mol. The fraction of sp³-hybridized carbons (Fsp3) is 0.350. The number of amides is 1. The number of rotatable bonds is 5. The summed E-state index contributed by atoms with van der Waals surface area (Å²) in [5.74, 6) is 0.0446. The van der Waals surface area contributed by atoms with Gasteiger partial charge in [0, 0.05) is 32.0 Å². The number of benzene rings is 1. The van der Waals surface area contributed by atoms with Crippen LogP contribution < -0.4 is 5.69 Å². The van der Waals surface area contributed by atoms with E-state index < -0.39 is 0 Å². The SMILES string of the molecule is O=C(CCC(=O)N1CCC(n2c(=O)[nH]c3ccccc32)CC1)c1cccs1. The van der Waals surface area contributed by atoms with Crippen molar-refractivity contribution < 1.29 is 9.59 Å². The lowest BCUT2D eigenvalue weighted by Gasteiger charge is -2.32. The summed E-state index contributed by atoms with van der Waals surface area (Å²) in [6, 6.07) is 11.4. The first-order chi connectivity index (χ1) is 13.1. The molecular weight excluding hydrogens is 362 g/mol. The van der Waals surface area contributed by atoms with E-state index in [9.17, 15) is 14.4 Å². The van der Waals surface area contributed by atoms with Gasteiger partial charge >= 0.3 is 5.69 Å². The van der Waals surface area contributed by atoms with Crippen molar-refractivity contribution in [2.75, 3.05) is 13.1 Å². The van der Waals surface area contributed by atoms with Crippen LogP contribution in [0.5, 0.6) is 0 Å². The number of aromatic nitrogens is 2. The van der Waals surface area contributed by atoms with E-state index in [1.807, 2.05) is 45.2 Å². The highest BCUT2D eigenvalue weighted by Crippen LogP contribution is 2.25. The number of carbonyl (C=O) groups excluding carboxylic acids is 2. The second-order valence-electron chi connectivity index (χ2n) is 6.83. The van der Waals surface area contributed by atoms with Crippen molar-refractivity contribution in [2.24, 2.45) is 0 Å². The maximum absolute atomic E-state index is 12.4. The zero-order chi connectivity index (χ0) is 18.8. The number of H-pyrrole nitrogens is 1. The number of para-hydroxylation sites is 2. The van der Waals surface area contributed by atoms with Crippen molar-refractivity contribution in [1.29, 1.82) is 0 Å². The summed E-state index contributed by atoms with van der Waals surface area (Å²) in [5.41, 5.74) is 1.66. The molecule has 6 nitrogen and oxygen atoms in total. The minimum absolute atomic E-state index is 0.0182. The van der Waals surface area contributed by atoms with E-state index in [1.54, 1.807) is 6.07 Å². The Balaban J connectivity index is 1.36.